The molecular weight excluding hydrogens is 260 g/mol. The molecule has 1 aromatic rings. The van der Waals surface area contributed by atoms with Crippen molar-refractivity contribution in [2.75, 3.05) is 26.2 Å². The first-order valence-electron chi connectivity index (χ1n) is 8.44. The van der Waals surface area contributed by atoms with E-state index in [0.717, 1.165) is 38.4 Å². The Morgan fingerprint density at radius 2 is 1.86 bits per heavy atom. The molecule has 3 heteroatoms. The van der Waals surface area contributed by atoms with E-state index in [2.05, 4.69) is 11.8 Å². The largest absolute Gasteiger partial charge is 0.494 e. The van der Waals surface area contributed by atoms with Gasteiger partial charge in [0.05, 0.1) is 6.61 Å². The van der Waals surface area contributed by atoms with Crippen LogP contribution in [0.2, 0.25) is 0 Å². The Balaban J connectivity index is 1.80. The molecule has 0 aromatic heterocycles. The number of ether oxygens (including phenoxy) is 1. The van der Waals surface area contributed by atoms with Crippen molar-refractivity contribution in [3.05, 3.63) is 30.3 Å². The molecule has 1 aliphatic rings. The molecule has 1 saturated carbocycles. The monoisotopic (exact) mass is 290 g/mol. The zero-order chi connectivity index (χ0) is 15.0. The van der Waals surface area contributed by atoms with Crippen molar-refractivity contribution in [2.24, 2.45) is 5.73 Å². The number of para-hydroxylation sites is 1. The molecule has 21 heavy (non-hydrogen) atoms. The van der Waals surface area contributed by atoms with Crippen molar-refractivity contribution in [3.8, 4) is 5.75 Å². The van der Waals surface area contributed by atoms with Crippen LogP contribution in [0.15, 0.2) is 30.3 Å². The summed E-state index contributed by atoms with van der Waals surface area (Å²) in [4.78, 5) is 2.63. The molecule has 0 spiro atoms. The molecule has 1 aromatic carbocycles. The van der Waals surface area contributed by atoms with Crippen LogP contribution in [0.25, 0.3) is 0 Å². The third-order valence-corrected chi connectivity index (χ3v) is 4.66. The molecule has 0 heterocycles. The van der Waals surface area contributed by atoms with E-state index < -0.39 is 0 Å². The Labute approximate surface area is 129 Å². The summed E-state index contributed by atoms with van der Waals surface area (Å²) in [6, 6.07) is 10.1. The number of hydrogen-bond donors (Lipinski definition) is 1. The fourth-order valence-electron chi connectivity index (χ4n) is 3.50. The highest BCUT2D eigenvalue weighted by molar-refractivity contribution is 5.20. The van der Waals surface area contributed by atoms with Crippen LogP contribution in [0.3, 0.4) is 0 Å². The minimum Gasteiger partial charge on any atom is -0.494 e. The second-order valence-electron chi connectivity index (χ2n) is 6.14. The summed E-state index contributed by atoms with van der Waals surface area (Å²) in [6.45, 7) is 6.09. The van der Waals surface area contributed by atoms with Gasteiger partial charge in [-0.25, -0.2) is 0 Å². The Bertz CT molecular complexity index is 387. The molecule has 118 valence electrons. The van der Waals surface area contributed by atoms with E-state index in [1.54, 1.807) is 0 Å². The molecule has 3 nitrogen and oxygen atoms in total. The summed E-state index contributed by atoms with van der Waals surface area (Å²) in [6.07, 6.45) is 7.46. The third-order valence-electron chi connectivity index (χ3n) is 4.66. The Hall–Kier alpha value is -1.06. The van der Waals surface area contributed by atoms with E-state index in [1.807, 2.05) is 30.3 Å². The van der Waals surface area contributed by atoms with Gasteiger partial charge < -0.3 is 10.5 Å². The lowest BCUT2D eigenvalue weighted by molar-refractivity contribution is 0.0914. The zero-order valence-corrected chi connectivity index (χ0v) is 13.4. The second-order valence-corrected chi connectivity index (χ2v) is 6.14. The molecule has 2 rings (SSSR count). The molecular formula is C18H30N2O. The van der Waals surface area contributed by atoms with Gasteiger partial charge in [0, 0.05) is 18.6 Å². The zero-order valence-electron chi connectivity index (χ0n) is 13.4. The fraction of sp³-hybridized carbons (Fsp3) is 0.667. The quantitative estimate of drug-likeness (QED) is 0.708. The summed E-state index contributed by atoms with van der Waals surface area (Å²) < 4.78 is 5.81. The highest BCUT2D eigenvalue weighted by atomic mass is 16.5. The van der Waals surface area contributed by atoms with Gasteiger partial charge in [0.15, 0.2) is 0 Å². The Morgan fingerprint density at radius 3 is 2.48 bits per heavy atom. The Morgan fingerprint density at radius 1 is 1.14 bits per heavy atom. The van der Waals surface area contributed by atoms with Gasteiger partial charge in [-0.2, -0.15) is 0 Å². The number of hydrogen-bond acceptors (Lipinski definition) is 3. The molecule has 0 bridgehead atoms. The third kappa shape index (κ3) is 4.45. The molecule has 1 fully saturated rings. The summed E-state index contributed by atoms with van der Waals surface area (Å²) in [5.74, 6) is 0.967. The number of benzene rings is 1. The first-order chi connectivity index (χ1) is 10.3. The smallest absolute Gasteiger partial charge is 0.119 e. The number of rotatable bonds is 9. The highest BCUT2D eigenvalue weighted by Crippen LogP contribution is 2.34. The SMILES string of the molecule is CCCN(CCCOc1ccccc1)C1(CN)CCCC1. The molecule has 0 amide bonds. The molecule has 0 aliphatic heterocycles. The maximum absolute atomic E-state index is 6.12. The maximum Gasteiger partial charge on any atom is 0.119 e. The minimum absolute atomic E-state index is 0.267. The average Bonchev–Trinajstić information content (AvgIpc) is 3.01. The van der Waals surface area contributed by atoms with E-state index in [0.29, 0.717) is 0 Å². The van der Waals surface area contributed by atoms with Crippen LogP contribution in [0.1, 0.15) is 45.4 Å². The van der Waals surface area contributed by atoms with Crippen molar-refractivity contribution in [3.63, 3.8) is 0 Å². The van der Waals surface area contributed by atoms with Crippen LogP contribution < -0.4 is 10.5 Å². The van der Waals surface area contributed by atoms with Crippen LogP contribution in [0.5, 0.6) is 5.75 Å². The summed E-state index contributed by atoms with van der Waals surface area (Å²) in [5.41, 5.74) is 6.39. The van der Waals surface area contributed by atoms with Gasteiger partial charge in [0.25, 0.3) is 0 Å². The summed E-state index contributed by atoms with van der Waals surface area (Å²) in [5, 5.41) is 0. The van der Waals surface area contributed by atoms with E-state index in [-0.39, 0.29) is 5.54 Å². The van der Waals surface area contributed by atoms with Gasteiger partial charge in [0.2, 0.25) is 0 Å². The van der Waals surface area contributed by atoms with Gasteiger partial charge >= 0.3 is 0 Å². The van der Waals surface area contributed by atoms with Crippen LogP contribution >= 0.6 is 0 Å². The predicted molar refractivity (Wildman–Crippen MR) is 88.7 cm³/mol. The fourth-order valence-corrected chi connectivity index (χ4v) is 3.50. The lowest BCUT2D eigenvalue weighted by Crippen LogP contribution is -2.52. The van der Waals surface area contributed by atoms with Gasteiger partial charge in [-0.3, -0.25) is 4.90 Å². The van der Waals surface area contributed by atoms with Crippen molar-refractivity contribution < 1.29 is 4.74 Å². The van der Waals surface area contributed by atoms with Gasteiger partial charge in [0.1, 0.15) is 5.75 Å². The standard InChI is InChI=1S/C18H30N2O/c1-2-13-20(18(16-19)11-6-7-12-18)14-8-15-21-17-9-4-3-5-10-17/h3-5,9-10H,2,6-8,11-16,19H2,1H3. The topological polar surface area (TPSA) is 38.5 Å². The van der Waals surface area contributed by atoms with Gasteiger partial charge in [-0.05, 0) is 44.4 Å². The van der Waals surface area contributed by atoms with E-state index in [9.17, 15) is 0 Å². The molecule has 0 unspecified atom stereocenters. The van der Waals surface area contributed by atoms with Crippen LogP contribution in [-0.2, 0) is 0 Å². The highest BCUT2D eigenvalue weighted by Gasteiger charge is 2.37. The molecule has 1 aliphatic carbocycles. The molecule has 0 radical (unpaired) electrons. The van der Waals surface area contributed by atoms with Gasteiger partial charge in [-0.15, -0.1) is 0 Å². The lowest BCUT2D eigenvalue weighted by Gasteiger charge is -2.40. The van der Waals surface area contributed by atoms with Crippen LogP contribution in [-0.4, -0.2) is 36.7 Å². The van der Waals surface area contributed by atoms with Crippen molar-refractivity contribution in [2.45, 2.75) is 51.0 Å². The van der Waals surface area contributed by atoms with Crippen molar-refractivity contribution in [1.82, 2.24) is 4.90 Å². The first kappa shape index (κ1) is 16.3. The summed E-state index contributed by atoms with van der Waals surface area (Å²) >= 11 is 0. The van der Waals surface area contributed by atoms with E-state index >= 15 is 0 Å². The Kier molecular flexibility index (Phi) is 6.52. The first-order valence-corrected chi connectivity index (χ1v) is 8.44. The number of nitrogens with two attached hydrogens (primary N) is 1. The minimum atomic E-state index is 0.267. The van der Waals surface area contributed by atoms with Gasteiger partial charge in [-0.1, -0.05) is 38.0 Å². The molecule has 0 saturated heterocycles. The molecule has 0 atom stereocenters. The van der Waals surface area contributed by atoms with Crippen LogP contribution in [0, 0.1) is 0 Å². The van der Waals surface area contributed by atoms with Crippen molar-refractivity contribution in [1.29, 1.82) is 0 Å². The van der Waals surface area contributed by atoms with Crippen LogP contribution in [0.4, 0.5) is 0 Å². The van der Waals surface area contributed by atoms with Crippen molar-refractivity contribution >= 4 is 0 Å². The normalized spacial score (nSPS) is 17.3. The second kappa shape index (κ2) is 8.40. The number of nitrogens with zero attached hydrogens (tertiary/aromatic N) is 1. The average molecular weight is 290 g/mol. The maximum atomic E-state index is 6.12. The van der Waals surface area contributed by atoms with E-state index in [1.165, 1.54) is 32.1 Å². The van der Waals surface area contributed by atoms with E-state index in [4.69, 9.17) is 10.5 Å². The molecule has 2 N–H and O–H groups in total. The predicted octanol–water partition coefficient (Wildman–Crippen LogP) is 3.44. The lowest BCUT2D eigenvalue weighted by atomic mass is 9.94. The summed E-state index contributed by atoms with van der Waals surface area (Å²) in [7, 11) is 0.